The number of halogens is 1. The average Bonchev–Trinajstić information content (AvgIpc) is 2.20. The van der Waals surface area contributed by atoms with E-state index in [0.29, 0.717) is 11.0 Å². The first-order valence-electron chi connectivity index (χ1n) is 4.66. The molecule has 0 spiro atoms. The van der Waals surface area contributed by atoms with E-state index in [9.17, 15) is 10.1 Å². The van der Waals surface area contributed by atoms with Gasteiger partial charge in [0, 0.05) is 12.6 Å². The largest absolute Gasteiger partial charge is 0.302 e. The van der Waals surface area contributed by atoms with Crippen molar-refractivity contribution in [1.82, 2.24) is 4.90 Å². The number of hydrogen-bond acceptors (Lipinski definition) is 3. The van der Waals surface area contributed by atoms with Crippen molar-refractivity contribution in [2.45, 2.75) is 13.5 Å². The summed E-state index contributed by atoms with van der Waals surface area (Å²) in [5.41, 5.74) is 1.06. The number of nitro groups is 1. The molecule has 0 atom stereocenters. The molecular weight excluding hydrogens is 260 g/mol. The molecule has 0 aliphatic heterocycles. The quantitative estimate of drug-likeness (QED) is 0.626. The van der Waals surface area contributed by atoms with Crippen LogP contribution in [0.2, 0.25) is 0 Å². The Labute approximate surface area is 97.2 Å². The van der Waals surface area contributed by atoms with Crippen LogP contribution in [-0.4, -0.2) is 23.4 Å². The fourth-order valence-corrected chi connectivity index (χ4v) is 1.77. The van der Waals surface area contributed by atoms with Crippen molar-refractivity contribution < 1.29 is 4.92 Å². The molecule has 0 unspecified atom stereocenters. The first-order valence-corrected chi connectivity index (χ1v) is 5.46. The first kappa shape index (κ1) is 12.1. The van der Waals surface area contributed by atoms with Gasteiger partial charge in [-0.05, 0) is 35.1 Å². The zero-order chi connectivity index (χ0) is 11.4. The minimum absolute atomic E-state index is 0.122. The van der Waals surface area contributed by atoms with Crippen molar-refractivity contribution in [3.8, 4) is 0 Å². The van der Waals surface area contributed by atoms with E-state index >= 15 is 0 Å². The van der Waals surface area contributed by atoms with Gasteiger partial charge in [0.15, 0.2) is 0 Å². The van der Waals surface area contributed by atoms with Gasteiger partial charge in [-0.2, -0.15) is 0 Å². The molecule has 0 radical (unpaired) electrons. The Kier molecular flexibility index (Phi) is 4.23. The van der Waals surface area contributed by atoms with Gasteiger partial charge >= 0.3 is 0 Å². The number of hydrogen-bond donors (Lipinski definition) is 0. The van der Waals surface area contributed by atoms with E-state index in [0.717, 1.165) is 12.1 Å². The van der Waals surface area contributed by atoms with E-state index in [1.54, 1.807) is 6.07 Å². The van der Waals surface area contributed by atoms with Crippen LogP contribution in [0.3, 0.4) is 0 Å². The van der Waals surface area contributed by atoms with Gasteiger partial charge < -0.3 is 4.90 Å². The Balaban J connectivity index is 2.99. The monoisotopic (exact) mass is 272 g/mol. The van der Waals surface area contributed by atoms with Gasteiger partial charge in [-0.15, -0.1) is 0 Å². The van der Waals surface area contributed by atoms with Crippen LogP contribution < -0.4 is 0 Å². The minimum Gasteiger partial charge on any atom is -0.302 e. The molecular formula is C10H13BrN2O2. The third-order valence-electron chi connectivity index (χ3n) is 2.24. The first-order chi connectivity index (χ1) is 7.06. The lowest BCUT2D eigenvalue weighted by Gasteiger charge is -2.14. The van der Waals surface area contributed by atoms with Crippen molar-refractivity contribution in [2.75, 3.05) is 13.6 Å². The molecule has 0 aliphatic rings. The van der Waals surface area contributed by atoms with Gasteiger partial charge in [-0.1, -0.05) is 19.1 Å². The van der Waals surface area contributed by atoms with Crippen molar-refractivity contribution in [3.63, 3.8) is 0 Å². The second kappa shape index (κ2) is 5.23. The van der Waals surface area contributed by atoms with Gasteiger partial charge in [0.25, 0.3) is 5.69 Å². The molecule has 4 nitrogen and oxygen atoms in total. The highest BCUT2D eigenvalue weighted by atomic mass is 79.9. The lowest BCUT2D eigenvalue weighted by molar-refractivity contribution is -0.385. The maximum absolute atomic E-state index is 10.7. The normalized spacial score (nSPS) is 10.7. The summed E-state index contributed by atoms with van der Waals surface area (Å²) in [5, 5.41) is 10.7. The molecule has 15 heavy (non-hydrogen) atoms. The molecule has 0 aliphatic carbocycles. The van der Waals surface area contributed by atoms with Crippen LogP contribution in [-0.2, 0) is 6.54 Å². The topological polar surface area (TPSA) is 46.4 Å². The summed E-state index contributed by atoms with van der Waals surface area (Å²) in [7, 11) is 1.98. The molecule has 0 heterocycles. The molecule has 1 rings (SSSR count). The van der Waals surface area contributed by atoms with Crippen LogP contribution in [0.5, 0.6) is 0 Å². The van der Waals surface area contributed by atoms with E-state index in [1.165, 1.54) is 6.07 Å². The summed E-state index contributed by atoms with van der Waals surface area (Å²) < 4.78 is 0.579. The van der Waals surface area contributed by atoms with Crippen molar-refractivity contribution >= 4 is 21.6 Å². The molecule has 5 heteroatoms. The predicted molar refractivity (Wildman–Crippen MR) is 62.8 cm³/mol. The van der Waals surface area contributed by atoms with Gasteiger partial charge in [0.05, 0.1) is 9.40 Å². The Morgan fingerprint density at radius 1 is 1.53 bits per heavy atom. The summed E-state index contributed by atoms with van der Waals surface area (Å²) in [6, 6.07) is 5.10. The summed E-state index contributed by atoms with van der Waals surface area (Å²) in [6.45, 7) is 3.67. The smallest absolute Gasteiger partial charge is 0.283 e. The van der Waals surface area contributed by atoms with Crippen molar-refractivity contribution in [1.29, 1.82) is 0 Å². The van der Waals surface area contributed by atoms with E-state index in [2.05, 4.69) is 20.8 Å². The lowest BCUT2D eigenvalue weighted by Crippen LogP contribution is -2.17. The van der Waals surface area contributed by atoms with Crippen molar-refractivity contribution in [3.05, 3.63) is 38.3 Å². The molecule has 0 bridgehead atoms. The Bertz CT molecular complexity index is 368. The van der Waals surface area contributed by atoms with Crippen LogP contribution in [0.4, 0.5) is 5.69 Å². The molecule has 0 saturated heterocycles. The molecule has 1 aromatic rings. The number of benzene rings is 1. The highest BCUT2D eigenvalue weighted by Gasteiger charge is 2.14. The van der Waals surface area contributed by atoms with E-state index in [1.807, 2.05) is 20.0 Å². The standard InChI is InChI=1S/C10H13BrN2O2/c1-3-12(2)7-8-5-4-6-9(10(8)11)13(14)15/h4-6H,3,7H2,1-2H3. The number of nitrogens with zero attached hydrogens (tertiary/aromatic N) is 2. The van der Waals surface area contributed by atoms with E-state index in [4.69, 9.17) is 0 Å². The lowest BCUT2D eigenvalue weighted by atomic mass is 10.2. The number of nitro benzene ring substituents is 1. The maximum atomic E-state index is 10.7. The van der Waals surface area contributed by atoms with Gasteiger partial charge in [-0.25, -0.2) is 0 Å². The Morgan fingerprint density at radius 3 is 2.73 bits per heavy atom. The summed E-state index contributed by atoms with van der Waals surface area (Å²) in [5.74, 6) is 0. The predicted octanol–water partition coefficient (Wildman–Crippen LogP) is 2.81. The molecule has 82 valence electrons. The Morgan fingerprint density at radius 2 is 2.20 bits per heavy atom. The highest BCUT2D eigenvalue weighted by Crippen LogP contribution is 2.28. The van der Waals surface area contributed by atoms with Crippen LogP contribution >= 0.6 is 15.9 Å². The SMILES string of the molecule is CCN(C)Cc1cccc([N+](=O)[O-])c1Br. The summed E-state index contributed by atoms with van der Waals surface area (Å²) in [4.78, 5) is 12.4. The van der Waals surface area contributed by atoms with Gasteiger partial charge in [0.1, 0.15) is 0 Å². The zero-order valence-corrected chi connectivity index (χ0v) is 10.3. The third-order valence-corrected chi connectivity index (χ3v) is 3.15. The van der Waals surface area contributed by atoms with E-state index in [-0.39, 0.29) is 10.6 Å². The molecule has 0 fully saturated rings. The minimum atomic E-state index is -0.375. The fraction of sp³-hybridized carbons (Fsp3) is 0.400. The second-order valence-corrected chi connectivity index (χ2v) is 4.13. The molecule has 0 aromatic heterocycles. The van der Waals surface area contributed by atoms with Crippen LogP contribution in [0, 0.1) is 10.1 Å². The third kappa shape index (κ3) is 3.00. The highest BCUT2D eigenvalue weighted by molar-refractivity contribution is 9.10. The Hall–Kier alpha value is -0.940. The number of rotatable bonds is 4. The van der Waals surface area contributed by atoms with Crippen LogP contribution in [0.25, 0.3) is 0 Å². The van der Waals surface area contributed by atoms with Gasteiger partial charge in [0.2, 0.25) is 0 Å². The summed E-state index contributed by atoms with van der Waals surface area (Å²) >= 11 is 3.27. The van der Waals surface area contributed by atoms with Gasteiger partial charge in [-0.3, -0.25) is 10.1 Å². The molecule has 1 aromatic carbocycles. The van der Waals surface area contributed by atoms with Crippen LogP contribution in [0.15, 0.2) is 22.7 Å². The van der Waals surface area contributed by atoms with Crippen LogP contribution in [0.1, 0.15) is 12.5 Å². The fourth-order valence-electron chi connectivity index (χ4n) is 1.23. The molecule has 0 saturated carbocycles. The average molecular weight is 273 g/mol. The second-order valence-electron chi connectivity index (χ2n) is 3.34. The summed E-state index contributed by atoms with van der Waals surface area (Å²) in [6.07, 6.45) is 0. The molecule has 0 amide bonds. The maximum Gasteiger partial charge on any atom is 0.283 e. The van der Waals surface area contributed by atoms with Crippen molar-refractivity contribution in [2.24, 2.45) is 0 Å². The van der Waals surface area contributed by atoms with E-state index < -0.39 is 0 Å². The molecule has 0 N–H and O–H groups in total. The zero-order valence-electron chi connectivity index (χ0n) is 8.74.